The number of thiophene rings is 1. The van der Waals surface area contributed by atoms with Crippen molar-refractivity contribution in [1.29, 1.82) is 0 Å². The third-order valence-corrected chi connectivity index (χ3v) is 6.12. The van der Waals surface area contributed by atoms with Gasteiger partial charge >= 0.3 is 0 Å². The molecule has 1 heterocycles. The molecule has 0 unspecified atom stereocenters. The first-order valence-electron chi connectivity index (χ1n) is 6.75. The summed E-state index contributed by atoms with van der Waals surface area (Å²) in [6, 6.07) is 7.46. The SMILES string of the molecule is Cc1csc(CN)c1S(=O)(=O)Nc1ccccc1C(C)C. The van der Waals surface area contributed by atoms with E-state index in [-0.39, 0.29) is 12.5 Å². The van der Waals surface area contributed by atoms with Gasteiger partial charge in [0, 0.05) is 11.4 Å². The molecule has 0 atom stereocenters. The highest BCUT2D eigenvalue weighted by Crippen LogP contribution is 2.30. The van der Waals surface area contributed by atoms with Crippen molar-refractivity contribution in [1.82, 2.24) is 0 Å². The predicted molar refractivity (Wildman–Crippen MR) is 88.3 cm³/mol. The van der Waals surface area contributed by atoms with Crippen LogP contribution in [-0.4, -0.2) is 8.42 Å². The lowest BCUT2D eigenvalue weighted by Crippen LogP contribution is -2.17. The highest BCUT2D eigenvalue weighted by molar-refractivity contribution is 7.93. The minimum Gasteiger partial charge on any atom is -0.326 e. The zero-order valence-electron chi connectivity index (χ0n) is 12.4. The first-order chi connectivity index (χ1) is 9.86. The van der Waals surface area contributed by atoms with E-state index in [0.717, 1.165) is 11.1 Å². The molecule has 0 spiro atoms. The standard InChI is InChI=1S/C15H20N2O2S2/c1-10(2)12-6-4-5-7-13(12)17-21(18,19)15-11(3)9-20-14(15)8-16/h4-7,9-10,17H,8,16H2,1-3H3. The zero-order valence-corrected chi connectivity index (χ0v) is 14.0. The summed E-state index contributed by atoms with van der Waals surface area (Å²) in [5.74, 6) is 0.237. The number of anilines is 1. The molecule has 0 aliphatic heterocycles. The van der Waals surface area contributed by atoms with Crippen LogP contribution in [0, 0.1) is 6.92 Å². The van der Waals surface area contributed by atoms with Gasteiger partial charge in [-0.1, -0.05) is 32.0 Å². The molecule has 2 aromatic rings. The Morgan fingerprint density at radius 2 is 1.95 bits per heavy atom. The molecule has 0 fully saturated rings. The molecule has 2 rings (SSSR count). The lowest BCUT2D eigenvalue weighted by atomic mass is 10.0. The maximum Gasteiger partial charge on any atom is 0.263 e. The average molecular weight is 324 g/mol. The predicted octanol–water partition coefficient (Wildman–Crippen LogP) is 3.44. The van der Waals surface area contributed by atoms with Crippen LogP contribution in [0.3, 0.4) is 0 Å². The molecule has 0 radical (unpaired) electrons. The molecule has 6 heteroatoms. The maximum absolute atomic E-state index is 12.7. The summed E-state index contributed by atoms with van der Waals surface area (Å²) < 4.78 is 28.1. The van der Waals surface area contributed by atoms with Crippen molar-refractivity contribution in [3.8, 4) is 0 Å². The minimum atomic E-state index is -3.62. The number of rotatable bonds is 5. The third kappa shape index (κ3) is 3.28. The Morgan fingerprint density at radius 3 is 2.57 bits per heavy atom. The van der Waals surface area contributed by atoms with E-state index in [2.05, 4.69) is 4.72 Å². The van der Waals surface area contributed by atoms with Gasteiger partial charge in [-0.3, -0.25) is 4.72 Å². The molecule has 0 saturated heterocycles. The van der Waals surface area contributed by atoms with Crippen molar-refractivity contribution >= 4 is 27.0 Å². The van der Waals surface area contributed by atoms with E-state index in [1.807, 2.05) is 37.4 Å². The second-order valence-corrected chi connectivity index (χ2v) is 7.81. The van der Waals surface area contributed by atoms with Crippen LogP contribution in [-0.2, 0) is 16.6 Å². The molecule has 21 heavy (non-hydrogen) atoms. The first kappa shape index (κ1) is 16.0. The fraction of sp³-hybridized carbons (Fsp3) is 0.333. The van der Waals surface area contributed by atoms with Crippen molar-refractivity contribution in [3.05, 3.63) is 45.6 Å². The summed E-state index contributed by atoms with van der Waals surface area (Å²) in [7, 11) is -3.62. The molecule has 0 aliphatic carbocycles. The van der Waals surface area contributed by atoms with E-state index in [0.29, 0.717) is 15.5 Å². The van der Waals surface area contributed by atoms with Crippen LogP contribution in [0.1, 0.15) is 35.8 Å². The van der Waals surface area contributed by atoms with Gasteiger partial charge < -0.3 is 5.73 Å². The van der Waals surface area contributed by atoms with Gasteiger partial charge in [0.1, 0.15) is 4.90 Å². The van der Waals surface area contributed by atoms with Gasteiger partial charge in [0.2, 0.25) is 0 Å². The highest BCUT2D eigenvalue weighted by atomic mass is 32.2. The monoisotopic (exact) mass is 324 g/mol. The molecular weight excluding hydrogens is 304 g/mol. The third-order valence-electron chi connectivity index (χ3n) is 3.27. The topological polar surface area (TPSA) is 72.2 Å². The Labute approximate surface area is 130 Å². The Morgan fingerprint density at radius 1 is 1.29 bits per heavy atom. The molecule has 1 aromatic heterocycles. The van der Waals surface area contributed by atoms with Gasteiger partial charge in [-0.25, -0.2) is 8.42 Å². The second kappa shape index (κ2) is 6.17. The van der Waals surface area contributed by atoms with Crippen LogP contribution in [0.5, 0.6) is 0 Å². The van der Waals surface area contributed by atoms with E-state index in [1.165, 1.54) is 11.3 Å². The van der Waals surface area contributed by atoms with Crippen LogP contribution in [0.2, 0.25) is 0 Å². The van der Waals surface area contributed by atoms with E-state index in [4.69, 9.17) is 5.73 Å². The van der Waals surface area contributed by atoms with Gasteiger partial charge in [-0.2, -0.15) is 0 Å². The smallest absolute Gasteiger partial charge is 0.263 e. The number of benzene rings is 1. The van der Waals surface area contributed by atoms with Crippen LogP contribution in [0.25, 0.3) is 0 Å². The number of aryl methyl sites for hydroxylation is 1. The van der Waals surface area contributed by atoms with Gasteiger partial charge in [0.05, 0.1) is 5.69 Å². The number of sulfonamides is 1. The molecule has 4 nitrogen and oxygen atoms in total. The summed E-state index contributed by atoms with van der Waals surface area (Å²) in [6.07, 6.45) is 0. The average Bonchev–Trinajstić information content (AvgIpc) is 2.80. The van der Waals surface area contributed by atoms with Gasteiger partial charge in [-0.05, 0) is 35.4 Å². The molecule has 0 amide bonds. The fourth-order valence-electron chi connectivity index (χ4n) is 2.28. The second-order valence-electron chi connectivity index (χ2n) is 5.22. The highest BCUT2D eigenvalue weighted by Gasteiger charge is 2.23. The van der Waals surface area contributed by atoms with Crippen molar-refractivity contribution in [2.75, 3.05) is 4.72 Å². The van der Waals surface area contributed by atoms with Crippen LogP contribution in [0.4, 0.5) is 5.69 Å². The molecule has 0 saturated carbocycles. The lowest BCUT2D eigenvalue weighted by molar-refractivity contribution is 0.600. The Balaban J connectivity index is 2.45. The molecule has 1 aromatic carbocycles. The van der Waals surface area contributed by atoms with Gasteiger partial charge in [0.25, 0.3) is 10.0 Å². The molecular formula is C15H20N2O2S2. The molecule has 3 N–H and O–H groups in total. The van der Waals surface area contributed by atoms with E-state index < -0.39 is 10.0 Å². The van der Waals surface area contributed by atoms with Crippen LogP contribution >= 0.6 is 11.3 Å². The molecule has 114 valence electrons. The number of para-hydroxylation sites is 1. The van der Waals surface area contributed by atoms with Crippen molar-refractivity contribution in [2.45, 2.75) is 38.1 Å². The van der Waals surface area contributed by atoms with Crippen molar-refractivity contribution < 1.29 is 8.42 Å². The fourth-order valence-corrected chi connectivity index (χ4v) is 5.07. The Hall–Kier alpha value is -1.37. The normalized spacial score (nSPS) is 11.9. The quantitative estimate of drug-likeness (QED) is 0.885. The maximum atomic E-state index is 12.7. The number of nitrogens with one attached hydrogen (secondary N) is 1. The summed E-state index contributed by atoms with van der Waals surface area (Å²) in [6.45, 7) is 6.09. The van der Waals surface area contributed by atoms with Crippen LogP contribution < -0.4 is 10.5 Å². The number of nitrogens with two attached hydrogens (primary N) is 1. The Bertz CT molecular complexity index is 734. The first-order valence-corrected chi connectivity index (χ1v) is 9.12. The number of hydrogen-bond donors (Lipinski definition) is 2. The largest absolute Gasteiger partial charge is 0.326 e. The molecule has 0 bridgehead atoms. The zero-order chi connectivity index (χ0) is 15.6. The van der Waals surface area contributed by atoms with Crippen molar-refractivity contribution in [2.24, 2.45) is 5.73 Å². The van der Waals surface area contributed by atoms with E-state index in [1.54, 1.807) is 13.0 Å². The summed E-state index contributed by atoms with van der Waals surface area (Å²) in [5.41, 5.74) is 7.98. The van der Waals surface area contributed by atoms with Crippen molar-refractivity contribution in [3.63, 3.8) is 0 Å². The summed E-state index contributed by atoms with van der Waals surface area (Å²) in [5, 5.41) is 1.82. The lowest BCUT2D eigenvalue weighted by Gasteiger charge is -2.15. The summed E-state index contributed by atoms with van der Waals surface area (Å²) in [4.78, 5) is 0.996. The summed E-state index contributed by atoms with van der Waals surface area (Å²) >= 11 is 1.38. The van der Waals surface area contributed by atoms with Crippen LogP contribution in [0.15, 0.2) is 34.5 Å². The van der Waals surface area contributed by atoms with Gasteiger partial charge in [0.15, 0.2) is 0 Å². The molecule has 0 aliphatic rings. The van der Waals surface area contributed by atoms with Gasteiger partial charge in [-0.15, -0.1) is 11.3 Å². The minimum absolute atomic E-state index is 0.223. The number of hydrogen-bond acceptors (Lipinski definition) is 4. The van der Waals surface area contributed by atoms with E-state index >= 15 is 0 Å². The Kier molecular flexibility index (Phi) is 4.70. The van der Waals surface area contributed by atoms with E-state index in [9.17, 15) is 8.42 Å².